The molecule has 0 bridgehead atoms. The van der Waals surface area contributed by atoms with Crippen LogP contribution in [-0.2, 0) is 16.1 Å². The maximum Gasteiger partial charge on any atom is 0.371 e. The van der Waals surface area contributed by atoms with Crippen LogP contribution in [0.5, 0.6) is 0 Å². The Morgan fingerprint density at radius 1 is 1.59 bits per heavy atom. The summed E-state index contributed by atoms with van der Waals surface area (Å²) in [7, 11) is 1.31. The molecule has 0 spiro atoms. The van der Waals surface area contributed by atoms with E-state index in [-0.39, 0.29) is 11.7 Å². The van der Waals surface area contributed by atoms with Gasteiger partial charge in [0.05, 0.1) is 7.11 Å². The molecule has 0 aliphatic carbocycles. The van der Waals surface area contributed by atoms with Gasteiger partial charge >= 0.3 is 11.9 Å². The predicted octanol–water partition coefficient (Wildman–Crippen LogP) is 0.937. The van der Waals surface area contributed by atoms with Crippen molar-refractivity contribution in [2.24, 2.45) is 0 Å². The van der Waals surface area contributed by atoms with Gasteiger partial charge in [0, 0.05) is 12.1 Å². The van der Waals surface area contributed by atoms with Gasteiger partial charge in [-0.05, 0) is 19.9 Å². The van der Waals surface area contributed by atoms with Crippen LogP contribution < -0.4 is 5.32 Å². The van der Waals surface area contributed by atoms with E-state index >= 15 is 0 Å². The predicted molar refractivity (Wildman–Crippen MR) is 58.7 cm³/mol. The van der Waals surface area contributed by atoms with Crippen molar-refractivity contribution in [3.63, 3.8) is 0 Å². The first-order chi connectivity index (χ1) is 7.95. The fraction of sp³-hybridized carbons (Fsp3) is 0.455. The lowest BCUT2D eigenvalue weighted by Gasteiger charge is -2.10. The van der Waals surface area contributed by atoms with Crippen LogP contribution >= 0.6 is 0 Å². The van der Waals surface area contributed by atoms with Crippen LogP contribution in [0.2, 0.25) is 0 Å². The molecule has 0 radical (unpaired) electrons. The number of carbonyl (C=O) groups is 2. The third kappa shape index (κ3) is 3.32. The molecule has 0 aromatic carbocycles. The number of hydrogen-bond donors (Lipinski definition) is 2. The van der Waals surface area contributed by atoms with Gasteiger partial charge < -0.3 is 19.6 Å². The van der Waals surface area contributed by atoms with E-state index < -0.39 is 12.0 Å². The number of rotatable bonds is 5. The van der Waals surface area contributed by atoms with E-state index in [4.69, 9.17) is 9.52 Å². The Balaban J connectivity index is 2.63. The molecule has 0 saturated carbocycles. The molecule has 1 atom stereocenters. The zero-order valence-electron chi connectivity index (χ0n) is 9.94. The van der Waals surface area contributed by atoms with Crippen LogP contribution in [0.1, 0.15) is 28.8 Å². The Bertz CT molecular complexity index is 423. The number of carboxylic acid groups (broad SMARTS) is 1. The molecule has 1 aromatic heterocycles. The highest BCUT2D eigenvalue weighted by Crippen LogP contribution is 2.14. The van der Waals surface area contributed by atoms with E-state index in [1.807, 2.05) is 0 Å². The number of nitrogens with one attached hydrogen (secondary N) is 1. The van der Waals surface area contributed by atoms with Gasteiger partial charge in [-0.2, -0.15) is 0 Å². The third-order valence-electron chi connectivity index (χ3n) is 2.38. The van der Waals surface area contributed by atoms with Crippen LogP contribution in [0.4, 0.5) is 0 Å². The van der Waals surface area contributed by atoms with E-state index in [0.29, 0.717) is 17.9 Å². The minimum atomic E-state index is -1.11. The molecular formula is C11H15NO5. The summed E-state index contributed by atoms with van der Waals surface area (Å²) < 4.78 is 9.59. The number of methoxy groups -OCH3 is 1. The van der Waals surface area contributed by atoms with E-state index in [0.717, 1.165) is 0 Å². The lowest BCUT2D eigenvalue weighted by molar-refractivity contribution is -0.142. The molecule has 94 valence electrons. The van der Waals surface area contributed by atoms with E-state index in [1.165, 1.54) is 13.2 Å². The summed E-state index contributed by atoms with van der Waals surface area (Å²) in [5.74, 6) is -1.07. The molecule has 2 N–H and O–H groups in total. The van der Waals surface area contributed by atoms with E-state index in [9.17, 15) is 9.59 Å². The average Bonchev–Trinajstić information content (AvgIpc) is 2.66. The molecule has 0 amide bonds. The maximum absolute atomic E-state index is 11.1. The summed E-state index contributed by atoms with van der Waals surface area (Å²) in [5, 5.41) is 11.7. The molecular weight excluding hydrogens is 226 g/mol. The van der Waals surface area contributed by atoms with Gasteiger partial charge in [-0.15, -0.1) is 0 Å². The van der Waals surface area contributed by atoms with Crippen molar-refractivity contribution >= 4 is 11.9 Å². The monoisotopic (exact) mass is 241 g/mol. The molecule has 0 aliphatic rings. The Labute approximate surface area is 98.6 Å². The van der Waals surface area contributed by atoms with Crippen LogP contribution in [0.3, 0.4) is 0 Å². The van der Waals surface area contributed by atoms with Gasteiger partial charge in [-0.25, -0.2) is 4.79 Å². The highest BCUT2D eigenvalue weighted by atomic mass is 16.5. The number of carboxylic acids is 1. The standard InChI is InChI=1S/C11H15NO5/c1-6(11(15)16-3)12-5-8-4-9(10(13)14)17-7(8)2/h4,6,12H,5H2,1-3H3,(H,13,14). The van der Waals surface area contributed by atoms with Gasteiger partial charge in [0.1, 0.15) is 11.8 Å². The molecule has 1 aromatic rings. The Hall–Kier alpha value is -1.82. The van der Waals surface area contributed by atoms with Crippen molar-refractivity contribution in [1.29, 1.82) is 0 Å². The quantitative estimate of drug-likeness (QED) is 0.746. The van der Waals surface area contributed by atoms with Crippen molar-refractivity contribution in [1.82, 2.24) is 5.32 Å². The molecule has 6 nitrogen and oxygen atoms in total. The van der Waals surface area contributed by atoms with Gasteiger partial charge in [0.2, 0.25) is 5.76 Å². The van der Waals surface area contributed by atoms with Crippen molar-refractivity contribution in [2.45, 2.75) is 26.4 Å². The molecule has 1 unspecified atom stereocenters. The Morgan fingerprint density at radius 2 is 2.24 bits per heavy atom. The van der Waals surface area contributed by atoms with E-state index in [2.05, 4.69) is 10.1 Å². The molecule has 17 heavy (non-hydrogen) atoms. The lowest BCUT2D eigenvalue weighted by atomic mass is 10.2. The number of hydrogen-bond acceptors (Lipinski definition) is 5. The first-order valence-electron chi connectivity index (χ1n) is 5.09. The molecule has 0 fully saturated rings. The Morgan fingerprint density at radius 3 is 2.71 bits per heavy atom. The van der Waals surface area contributed by atoms with Crippen molar-refractivity contribution in [3.05, 3.63) is 23.2 Å². The SMILES string of the molecule is COC(=O)C(C)NCc1cc(C(=O)O)oc1C. The van der Waals surface area contributed by atoms with Crippen LogP contribution in [0.25, 0.3) is 0 Å². The second-order valence-electron chi connectivity index (χ2n) is 3.62. The van der Waals surface area contributed by atoms with Crippen LogP contribution in [0, 0.1) is 6.92 Å². The van der Waals surface area contributed by atoms with Gasteiger partial charge in [0.25, 0.3) is 0 Å². The number of aromatic carboxylic acids is 1. The fourth-order valence-corrected chi connectivity index (χ4v) is 1.32. The Kier molecular flexibility index (Phi) is 4.28. The van der Waals surface area contributed by atoms with Crippen molar-refractivity contribution < 1.29 is 23.8 Å². The first-order valence-corrected chi connectivity index (χ1v) is 5.09. The van der Waals surface area contributed by atoms with Gasteiger partial charge in [-0.3, -0.25) is 4.79 Å². The fourth-order valence-electron chi connectivity index (χ4n) is 1.32. The number of ether oxygens (including phenoxy) is 1. The molecule has 1 rings (SSSR count). The number of aryl methyl sites for hydroxylation is 1. The average molecular weight is 241 g/mol. The van der Waals surface area contributed by atoms with Crippen molar-refractivity contribution in [2.75, 3.05) is 7.11 Å². The highest BCUT2D eigenvalue weighted by Gasteiger charge is 2.16. The number of esters is 1. The van der Waals surface area contributed by atoms with Crippen LogP contribution in [-0.4, -0.2) is 30.2 Å². The summed E-state index contributed by atoms with van der Waals surface area (Å²) in [6.45, 7) is 3.69. The van der Waals surface area contributed by atoms with Crippen LogP contribution in [0.15, 0.2) is 10.5 Å². The topological polar surface area (TPSA) is 88.8 Å². The van der Waals surface area contributed by atoms with Gasteiger partial charge in [-0.1, -0.05) is 0 Å². The summed E-state index contributed by atoms with van der Waals surface area (Å²) in [4.78, 5) is 21.8. The summed E-state index contributed by atoms with van der Waals surface area (Å²) in [6, 6.07) is 0.983. The normalized spacial score (nSPS) is 12.2. The zero-order valence-corrected chi connectivity index (χ0v) is 9.94. The number of carbonyl (C=O) groups excluding carboxylic acids is 1. The maximum atomic E-state index is 11.1. The summed E-state index contributed by atoms with van der Waals surface area (Å²) in [5.41, 5.74) is 0.707. The first kappa shape index (κ1) is 13.2. The smallest absolute Gasteiger partial charge is 0.371 e. The highest BCUT2D eigenvalue weighted by molar-refractivity contribution is 5.84. The van der Waals surface area contributed by atoms with E-state index in [1.54, 1.807) is 13.8 Å². The molecule has 6 heteroatoms. The molecule has 1 heterocycles. The minimum Gasteiger partial charge on any atom is -0.475 e. The second kappa shape index (κ2) is 5.49. The summed E-state index contributed by atoms with van der Waals surface area (Å²) in [6.07, 6.45) is 0. The second-order valence-corrected chi connectivity index (χ2v) is 3.62. The minimum absolute atomic E-state index is 0.106. The third-order valence-corrected chi connectivity index (χ3v) is 2.38. The number of furan rings is 1. The lowest BCUT2D eigenvalue weighted by Crippen LogP contribution is -2.34. The largest absolute Gasteiger partial charge is 0.475 e. The van der Waals surface area contributed by atoms with Gasteiger partial charge in [0.15, 0.2) is 0 Å². The molecule has 0 aliphatic heterocycles. The summed E-state index contributed by atoms with van der Waals surface area (Å²) >= 11 is 0. The zero-order chi connectivity index (χ0) is 13.0. The van der Waals surface area contributed by atoms with Crippen molar-refractivity contribution in [3.8, 4) is 0 Å². The molecule has 0 saturated heterocycles.